The number of aryl methyl sites for hydroxylation is 1. The van der Waals surface area contributed by atoms with Gasteiger partial charge in [0.05, 0.1) is 6.42 Å². The number of phenols is 1. The molecule has 0 fully saturated rings. The fourth-order valence-corrected chi connectivity index (χ4v) is 1.97. The van der Waals surface area contributed by atoms with Crippen LogP contribution in [0.25, 0.3) is 0 Å². The molecular formula is C18H19N3O3. The number of nitrogens with one attached hydrogen (secondary N) is 2. The minimum absolute atomic E-state index is 0.000766. The molecule has 0 radical (unpaired) electrons. The number of aromatic hydroxyl groups is 1. The molecule has 0 bridgehead atoms. The van der Waals surface area contributed by atoms with Crippen LogP contribution in [0.3, 0.4) is 0 Å². The Kier molecular flexibility index (Phi) is 5.68. The molecule has 0 aliphatic carbocycles. The first-order chi connectivity index (χ1) is 11.4. The van der Waals surface area contributed by atoms with E-state index in [1.807, 2.05) is 31.2 Å². The quantitative estimate of drug-likeness (QED) is 0.583. The Balaban J connectivity index is 1.87. The predicted octanol–water partition coefficient (Wildman–Crippen LogP) is 2.84. The lowest BCUT2D eigenvalue weighted by atomic mass is 10.2. The van der Waals surface area contributed by atoms with Crippen LogP contribution >= 0.6 is 0 Å². The highest BCUT2D eigenvalue weighted by Gasteiger charge is 2.07. The second-order valence-corrected chi connectivity index (χ2v) is 5.43. The van der Waals surface area contributed by atoms with E-state index in [9.17, 15) is 14.7 Å². The monoisotopic (exact) mass is 325 g/mol. The number of phenolic OH excluding ortho intramolecular Hbond substituents is 1. The van der Waals surface area contributed by atoms with Gasteiger partial charge in [-0.15, -0.1) is 0 Å². The molecule has 2 aromatic rings. The summed E-state index contributed by atoms with van der Waals surface area (Å²) in [6.07, 6.45) is 0.0637. The lowest BCUT2D eigenvalue weighted by Gasteiger charge is -2.06. The number of anilines is 1. The number of amides is 2. The van der Waals surface area contributed by atoms with Crippen molar-refractivity contribution in [1.29, 1.82) is 0 Å². The summed E-state index contributed by atoms with van der Waals surface area (Å²) in [7, 11) is 0. The molecule has 3 N–H and O–H groups in total. The highest BCUT2D eigenvalue weighted by atomic mass is 16.3. The minimum Gasteiger partial charge on any atom is -0.508 e. The van der Waals surface area contributed by atoms with E-state index in [4.69, 9.17) is 0 Å². The van der Waals surface area contributed by atoms with Crippen LogP contribution in [0.1, 0.15) is 29.3 Å². The smallest absolute Gasteiger partial charge is 0.271 e. The van der Waals surface area contributed by atoms with E-state index in [1.54, 1.807) is 19.1 Å². The molecule has 6 heteroatoms. The third-order valence-electron chi connectivity index (χ3n) is 3.21. The first kappa shape index (κ1) is 17.2. The molecular weight excluding hydrogens is 306 g/mol. The fourth-order valence-electron chi connectivity index (χ4n) is 1.97. The Morgan fingerprint density at radius 3 is 2.50 bits per heavy atom. The molecule has 0 atom stereocenters. The van der Waals surface area contributed by atoms with E-state index in [-0.39, 0.29) is 23.6 Å². The van der Waals surface area contributed by atoms with Crippen molar-refractivity contribution in [1.82, 2.24) is 5.43 Å². The third-order valence-corrected chi connectivity index (χ3v) is 3.21. The van der Waals surface area contributed by atoms with Crippen molar-refractivity contribution in [3.8, 4) is 5.75 Å². The van der Waals surface area contributed by atoms with Gasteiger partial charge in [0.1, 0.15) is 5.75 Å². The number of carbonyl (C=O) groups is 2. The van der Waals surface area contributed by atoms with Crippen molar-refractivity contribution in [3.05, 3.63) is 59.7 Å². The van der Waals surface area contributed by atoms with Crippen molar-refractivity contribution >= 4 is 23.2 Å². The molecule has 0 aliphatic heterocycles. The number of rotatable bonds is 5. The van der Waals surface area contributed by atoms with E-state index in [2.05, 4.69) is 15.8 Å². The molecule has 0 heterocycles. The first-order valence-electron chi connectivity index (χ1n) is 7.43. The standard InChI is InChI=1S/C18H19N3O3/c1-12-6-8-15(9-7-12)19-17(23)10-13(2)20-21-18(24)14-4-3-5-16(22)11-14/h3-9,11,22H,10H2,1-2H3,(H,19,23)(H,21,24)/b20-13-. The maximum absolute atomic E-state index is 11.9. The van der Waals surface area contributed by atoms with Crippen molar-refractivity contribution < 1.29 is 14.7 Å². The normalized spacial score (nSPS) is 11.0. The maximum Gasteiger partial charge on any atom is 0.271 e. The molecule has 0 spiro atoms. The highest BCUT2D eigenvalue weighted by molar-refractivity contribution is 6.06. The Bertz CT molecular complexity index is 767. The van der Waals surface area contributed by atoms with E-state index >= 15 is 0 Å². The highest BCUT2D eigenvalue weighted by Crippen LogP contribution is 2.11. The summed E-state index contributed by atoms with van der Waals surface area (Å²) in [6, 6.07) is 13.4. The summed E-state index contributed by atoms with van der Waals surface area (Å²) in [6.45, 7) is 3.62. The van der Waals surface area contributed by atoms with Gasteiger partial charge in [-0.05, 0) is 44.2 Å². The van der Waals surface area contributed by atoms with E-state index in [1.165, 1.54) is 12.1 Å². The topological polar surface area (TPSA) is 90.8 Å². The maximum atomic E-state index is 11.9. The van der Waals surface area contributed by atoms with Crippen LogP contribution in [0.5, 0.6) is 5.75 Å². The third kappa shape index (κ3) is 5.24. The molecule has 0 saturated heterocycles. The van der Waals surface area contributed by atoms with Crippen molar-refractivity contribution in [2.45, 2.75) is 20.3 Å². The average Bonchev–Trinajstić information content (AvgIpc) is 2.54. The average molecular weight is 325 g/mol. The molecule has 0 saturated carbocycles. The van der Waals surface area contributed by atoms with Gasteiger partial charge < -0.3 is 10.4 Å². The van der Waals surface area contributed by atoms with Gasteiger partial charge in [0.2, 0.25) is 5.91 Å². The SMILES string of the molecule is C/C(CC(=O)Nc1ccc(C)cc1)=N/NC(=O)c1cccc(O)c1. The number of hydrogen-bond donors (Lipinski definition) is 3. The number of nitrogens with zero attached hydrogens (tertiary/aromatic N) is 1. The van der Waals surface area contributed by atoms with Crippen LogP contribution in [0.15, 0.2) is 53.6 Å². The second-order valence-electron chi connectivity index (χ2n) is 5.43. The number of carbonyl (C=O) groups excluding carboxylic acids is 2. The first-order valence-corrected chi connectivity index (χ1v) is 7.43. The fraction of sp³-hybridized carbons (Fsp3) is 0.167. The Labute approximate surface area is 140 Å². The molecule has 24 heavy (non-hydrogen) atoms. The lowest BCUT2D eigenvalue weighted by molar-refractivity contribution is -0.115. The molecule has 0 aliphatic rings. The van der Waals surface area contributed by atoms with Gasteiger partial charge in [0, 0.05) is 17.0 Å². The van der Waals surface area contributed by atoms with Crippen LogP contribution in [0, 0.1) is 6.92 Å². The minimum atomic E-state index is -0.454. The van der Waals surface area contributed by atoms with Crippen LogP contribution in [0.4, 0.5) is 5.69 Å². The summed E-state index contributed by atoms with van der Waals surface area (Å²) < 4.78 is 0. The van der Waals surface area contributed by atoms with Gasteiger partial charge in [0.15, 0.2) is 0 Å². The molecule has 124 valence electrons. The van der Waals surface area contributed by atoms with Gasteiger partial charge in [0.25, 0.3) is 5.91 Å². The molecule has 2 amide bonds. The van der Waals surface area contributed by atoms with Crippen molar-refractivity contribution in [3.63, 3.8) is 0 Å². The van der Waals surface area contributed by atoms with E-state index in [0.29, 0.717) is 11.4 Å². The molecule has 0 unspecified atom stereocenters. The van der Waals surface area contributed by atoms with Gasteiger partial charge in [-0.3, -0.25) is 9.59 Å². The van der Waals surface area contributed by atoms with Gasteiger partial charge in [-0.2, -0.15) is 5.10 Å². The number of hydrazone groups is 1. The van der Waals surface area contributed by atoms with E-state index < -0.39 is 5.91 Å². The zero-order valence-electron chi connectivity index (χ0n) is 13.5. The van der Waals surface area contributed by atoms with Crippen molar-refractivity contribution in [2.75, 3.05) is 5.32 Å². The Morgan fingerprint density at radius 2 is 1.83 bits per heavy atom. The summed E-state index contributed by atoms with van der Waals surface area (Å²) in [5, 5.41) is 16.0. The number of benzene rings is 2. The summed E-state index contributed by atoms with van der Waals surface area (Å²) in [4.78, 5) is 23.8. The Morgan fingerprint density at radius 1 is 1.12 bits per heavy atom. The molecule has 2 aromatic carbocycles. The second kappa shape index (κ2) is 7.92. The van der Waals surface area contributed by atoms with Gasteiger partial charge in [-0.25, -0.2) is 5.43 Å². The van der Waals surface area contributed by atoms with Crippen LogP contribution in [0.2, 0.25) is 0 Å². The summed E-state index contributed by atoms with van der Waals surface area (Å²) in [5.74, 6) is -0.670. The van der Waals surface area contributed by atoms with Crippen LogP contribution in [-0.2, 0) is 4.79 Å². The summed E-state index contributed by atoms with van der Waals surface area (Å²) in [5.41, 5.74) is 4.94. The zero-order chi connectivity index (χ0) is 17.5. The summed E-state index contributed by atoms with van der Waals surface area (Å²) >= 11 is 0. The predicted molar refractivity (Wildman–Crippen MR) is 93.1 cm³/mol. The van der Waals surface area contributed by atoms with Gasteiger partial charge in [-0.1, -0.05) is 23.8 Å². The molecule has 6 nitrogen and oxygen atoms in total. The molecule has 0 aromatic heterocycles. The number of hydrogen-bond acceptors (Lipinski definition) is 4. The van der Waals surface area contributed by atoms with E-state index in [0.717, 1.165) is 5.56 Å². The van der Waals surface area contributed by atoms with Crippen LogP contribution in [-0.4, -0.2) is 22.6 Å². The van der Waals surface area contributed by atoms with Gasteiger partial charge >= 0.3 is 0 Å². The zero-order valence-corrected chi connectivity index (χ0v) is 13.5. The van der Waals surface area contributed by atoms with Crippen LogP contribution < -0.4 is 10.7 Å². The lowest BCUT2D eigenvalue weighted by Crippen LogP contribution is -2.21. The molecule has 2 rings (SSSR count). The van der Waals surface area contributed by atoms with Crippen molar-refractivity contribution in [2.24, 2.45) is 5.10 Å². The largest absolute Gasteiger partial charge is 0.508 e. The Hall–Kier alpha value is -3.15.